The predicted molar refractivity (Wildman–Crippen MR) is 198 cm³/mol. The van der Waals surface area contributed by atoms with E-state index < -0.39 is 17.9 Å². The Bertz CT molecular complexity index is 1820. The van der Waals surface area contributed by atoms with Gasteiger partial charge in [-0.2, -0.15) is 5.10 Å². The average molecular weight is 712 g/mol. The van der Waals surface area contributed by atoms with Crippen molar-refractivity contribution in [1.29, 1.82) is 0 Å². The number of benzene rings is 1. The first-order chi connectivity index (χ1) is 23.4. The molecule has 0 unspecified atom stereocenters. The molecule has 0 spiro atoms. The summed E-state index contributed by atoms with van der Waals surface area (Å²) in [5, 5.41) is 11.2. The van der Waals surface area contributed by atoms with Gasteiger partial charge in [-0.15, -0.1) is 5.10 Å². The second-order valence-corrected chi connectivity index (χ2v) is 22.5. The molecule has 0 bridgehead atoms. The lowest BCUT2D eigenvalue weighted by Crippen LogP contribution is -2.46. The van der Waals surface area contributed by atoms with E-state index in [1.54, 1.807) is 12.1 Å². The number of nitrogens with zero attached hydrogens (tertiary/aromatic N) is 7. The van der Waals surface area contributed by atoms with Crippen LogP contribution in [0.15, 0.2) is 41.4 Å². The minimum atomic E-state index is -3.24. The summed E-state index contributed by atoms with van der Waals surface area (Å²) in [4.78, 5) is 7.50. The van der Waals surface area contributed by atoms with Crippen molar-refractivity contribution in [3.63, 3.8) is 0 Å². The fraction of sp³-hybridized carbons (Fsp3) is 0.600. The van der Waals surface area contributed by atoms with Gasteiger partial charge in [-0.1, -0.05) is 33.5 Å². The number of fused-ring (bicyclic) bond motifs is 3. The van der Waals surface area contributed by atoms with E-state index in [0.717, 1.165) is 117 Å². The quantitative estimate of drug-likeness (QED) is 0.132. The lowest BCUT2D eigenvalue weighted by atomic mass is 10.1. The summed E-state index contributed by atoms with van der Waals surface area (Å²) in [6.07, 6.45) is 4.19. The van der Waals surface area contributed by atoms with Gasteiger partial charge in [0.2, 0.25) is 0 Å². The fourth-order valence-corrected chi connectivity index (χ4v) is 7.91. The SMILES string of the molecule is CC(C)c1nn(COCC[Si](C)(C)C)c2nn3cc(OCCCN4CCOCC4)cc(N4CCN(c5ccc(S(C)(=O)=O)cc5)CC4)c3c12. The minimum absolute atomic E-state index is 0.203. The summed E-state index contributed by atoms with van der Waals surface area (Å²) in [6, 6.07) is 10.5. The number of hydrogen-bond acceptors (Lipinski definition) is 10. The summed E-state index contributed by atoms with van der Waals surface area (Å²) in [5.74, 6) is 1.000. The molecule has 2 saturated heterocycles. The van der Waals surface area contributed by atoms with Crippen LogP contribution in [0.1, 0.15) is 31.9 Å². The molecule has 2 aliphatic heterocycles. The van der Waals surface area contributed by atoms with Gasteiger partial charge in [0.05, 0.1) is 47.7 Å². The Morgan fingerprint density at radius 3 is 2.29 bits per heavy atom. The lowest BCUT2D eigenvalue weighted by Gasteiger charge is -2.37. The van der Waals surface area contributed by atoms with Gasteiger partial charge < -0.3 is 24.0 Å². The zero-order valence-electron chi connectivity index (χ0n) is 30.0. The molecular weight excluding hydrogens is 659 g/mol. The van der Waals surface area contributed by atoms with E-state index in [2.05, 4.69) is 54.3 Å². The molecule has 6 rings (SSSR count). The molecule has 0 saturated carbocycles. The van der Waals surface area contributed by atoms with Crippen LogP contribution in [-0.4, -0.2) is 119 Å². The van der Waals surface area contributed by atoms with Crippen LogP contribution in [-0.2, 0) is 26.0 Å². The Labute approximate surface area is 291 Å². The molecule has 3 aromatic heterocycles. The smallest absolute Gasteiger partial charge is 0.183 e. The second-order valence-electron chi connectivity index (χ2n) is 14.8. The number of piperazine rings is 1. The van der Waals surface area contributed by atoms with Gasteiger partial charge >= 0.3 is 0 Å². The van der Waals surface area contributed by atoms with Gasteiger partial charge in [-0.25, -0.2) is 17.6 Å². The number of ether oxygens (including phenoxy) is 3. The monoisotopic (exact) mass is 711 g/mol. The zero-order chi connectivity index (χ0) is 34.8. The summed E-state index contributed by atoms with van der Waals surface area (Å²) in [7, 11) is -4.45. The van der Waals surface area contributed by atoms with E-state index in [1.807, 2.05) is 27.5 Å². The molecule has 0 radical (unpaired) electrons. The number of pyridine rings is 1. The third-order valence-electron chi connectivity index (χ3n) is 9.39. The van der Waals surface area contributed by atoms with Crippen LogP contribution in [0, 0.1) is 0 Å². The van der Waals surface area contributed by atoms with Crippen molar-refractivity contribution in [3.8, 4) is 5.75 Å². The molecule has 0 atom stereocenters. The molecule has 14 heteroatoms. The normalized spacial score (nSPS) is 16.8. The van der Waals surface area contributed by atoms with Crippen LogP contribution >= 0.6 is 0 Å². The summed E-state index contributed by atoms with van der Waals surface area (Å²) >= 11 is 0. The third-order valence-corrected chi connectivity index (χ3v) is 12.2. The molecule has 12 nitrogen and oxygen atoms in total. The highest BCUT2D eigenvalue weighted by molar-refractivity contribution is 7.90. The first-order valence-corrected chi connectivity index (χ1v) is 23.2. The molecule has 2 aliphatic rings. The Morgan fingerprint density at radius 1 is 0.939 bits per heavy atom. The topological polar surface area (TPSA) is 107 Å². The minimum Gasteiger partial charge on any atom is -0.492 e. The van der Waals surface area contributed by atoms with Gasteiger partial charge in [-0.05, 0) is 42.6 Å². The maximum atomic E-state index is 12.0. The number of aromatic nitrogens is 4. The van der Waals surface area contributed by atoms with Crippen LogP contribution in [0.4, 0.5) is 11.4 Å². The van der Waals surface area contributed by atoms with Crippen LogP contribution in [0.3, 0.4) is 0 Å². The van der Waals surface area contributed by atoms with Crippen molar-refractivity contribution in [2.45, 2.75) is 63.5 Å². The fourth-order valence-electron chi connectivity index (χ4n) is 6.52. The first kappa shape index (κ1) is 35.6. The highest BCUT2D eigenvalue weighted by Gasteiger charge is 2.27. The van der Waals surface area contributed by atoms with E-state index in [0.29, 0.717) is 18.2 Å². The van der Waals surface area contributed by atoms with E-state index in [4.69, 9.17) is 24.4 Å². The largest absolute Gasteiger partial charge is 0.492 e. The third kappa shape index (κ3) is 8.59. The van der Waals surface area contributed by atoms with Gasteiger partial charge in [0.15, 0.2) is 15.5 Å². The molecule has 0 amide bonds. The van der Waals surface area contributed by atoms with E-state index >= 15 is 0 Å². The number of hydrogen-bond donors (Lipinski definition) is 0. The van der Waals surface area contributed by atoms with Crippen LogP contribution in [0.2, 0.25) is 25.7 Å². The molecule has 5 heterocycles. The Balaban J connectivity index is 1.28. The highest BCUT2D eigenvalue weighted by atomic mass is 32.2. The maximum absolute atomic E-state index is 12.0. The molecule has 0 aliphatic carbocycles. The van der Waals surface area contributed by atoms with E-state index in [9.17, 15) is 8.42 Å². The summed E-state index contributed by atoms with van der Waals surface area (Å²) in [5.41, 5.74) is 5.00. The predicted octanol–water partition coefficient (Wildman–Crippen LogP) is 4.95. The van der Waals surface area contributed by atoms with Crippen LogP contribution in [0.25, 0.3) is 16.6 Å². The zero-order valence-corrected chi connectivity index (χ0v) is 31.8. The number of anilines is 2. The van der Waals surface area contributed by atoms with Crippen LogP contribution < -0.4 is 14.5 Å². The van der Waals surface area contributed by atoms with Crippen molar-refractivity contribution in [2.24, 2.45) is 0 Å². The Hall–Kier alpha value is -3.17. The average Bonchev–Trinajstić information content (AvgIpc) is 3.62. The molecule has 49 heavy (non-hydrogen) atoms. The van der Waals surface area contributed by atoms with Gasteiger partial charge in [-0.3, -0.25) is 4.90 Å². The van der Waals surface area contributed by atoms with Gasteiger partial charge in [0.25, 0.3) is 0 Å². The van der Waals surface area contributed by atoms with Crippen molar-refractivity contribution >= 4 is 45.8 Å². The lowest BCUT2D eigenvalue weighted by molar-refractivity contribution is 0.0358. The molecule has 4 aromatic rings. The van der Waals surface area contributed by atoms with Crippen molar-refractivity contribution in [1.82, 2.24) is 24.3 Å². The van der Waals surface area contributed by atoms with E-state index in [-0.39, 0.29) is 5.92 Å². The molecule has 268 valence electrons. The molecule has 0 N–H and O–H groups in total. The summed E-state index contributed by atoms with van der Waals surface area (Å²) < 4.78 is 46.0. The standard InChI is InChI=1S/C35H53N7O5SSi/c1-27(2)33-32-34-31(40-15-13-39(14-16-40)28-8-10-30(11-9-28)48(3,43)44)24-29(47-19-7-12-38-17-20-45-21-18-38)25-41(34)37-35(32)42(36-33)26-46-22-23-49(4,5)6/h8-11,24-25,27H,7,12-23,26H2,1-6H3. The van der Waals surface area contributed by atoms with Gasteiger partial charge in [0, 0.05) is 78.5 Å². The van der Waals surface area contributed by atoms with Gasteiger partial charge in [0.1, 0.15) is 18.0 Å². The molecular formula is C35H53N7O5SSi. The Morgan fingerprint density at radius 2 is 1.63 bits per heavy atom. The molecule has 1 aromatic carbocycles. The van der Waals surface area contributed by atoms with Crippen LogP contribution in [0.5, 0.6) is 5.75 Å². The first-order valence-electron chi connectivity index (χ1n) is 17.6. The maximum Gasteiger partial charge on any atom is 0.183 e. The highest BCUT2D eigenvalue weighted by Crippen LogP contribution is 2.37. The summed E-state index contributed by atoms with van der Waals surface area (Å²) in [6.45, 7) is 20.9. The second kappa shape index (κ2) is 15.0. The number of morpholine rings is 1. The van der Waals surface area contributed by atoms with Crippen molar-refractivity contribution in [2.75, 3.05) is 88.3 Å². The van der Waals surface area contributed by atoms with Crippen molar-refractivity contribution in [3.05, 3.63) is 42.2 Å². The van der Waals surface area contributed by atoms with E-state index in [1.165, 1.54) is 6.26 Å². The number of sulfone groups is 1. The number of rotatable bonds is 14. The molecule has 2 fully saturated rings. The Kier molecular flexibility index (Phi) is 10.9. The van der Waals surface area contributed by atoms with Crippen molar-refractivity contribution < 1.29 is 22.6 Å².